The fraction of sp³-hybridized carbons (Fsp3) is 0.433. The van der Waals surface area contributed by atoms with Gasteiger partial charge in [0.1, 0.15) is 17.3 Å². The minimum absolute atomic E-state index is 0.171. The fourth-order valence-corrected chi connectivity index (χ4v) is 5.25. The van der Waals surface area contributed by atoms with Crippen molar-refractivity contribution in [3.8, 4) is 11.5 Å². The maximum absolute atomic E-state index is 13.7. The summed E-state index contributed by atoms with van der Waals surface area (Å²) in [4.78, 5) is 45.3. The summed E-state index contributed by atoms with van der Waals surface area (Å²) >= 11 is 0. The number of amides is 3. The molecule has 2 aromatic carbocycles. The normalized spacial score (nSPS) is 18.1. The first-order chi connectivity index (χ1) is 19.8. The lowest BCUT2D eigenvalue weighted by atomic mass is 9.93. The van der Waals surface area contributed by atoms with E-state index in [9.17, 15) is 18.8 Å². The Kier molecular flexibility index (Phi) is 9.82. The Labute approximate surface area is 239 Å². The largest absolute Gasteiger partial charge is 0.497 e. The van der Waals surface area contributed by atoms with E-state index >= 15 is 0 Å². The molecule has 0 aliphatic carbocycles. The molecule has 1 N–H and O–H groups in total. The highest BCUT2D eigenvalue weighted by atomic mass is 19.1. The average Bonchev–Trinajstić information content (AvgIpc) is 3.22. The summed E-state index contributed by atoms with van der Waals surface area (Å²) in [6, 6.07) is 9.80. The van der Waals surface area contributed by atoms with Gasteiger partial charge in [0, 0.05) is 56.6 Å². The van der Waals surface area contributed by atoms with Crippen molar-refractivity contribution < 1.29 is 33.0 Å². The molecule has 11 heteroatoms. The number of esters is 1. The number of benzene rings is 2. The number of nitrogens with one attached hydrogen (secondary N) is 1. The molecule has 0 spiro atoms. The number of carbonyl (C=O) groups excluding carboxylic acids is 3. The van der Waals surface area contributed by atoms with Gasteiger partial charge in [0.25, 0.3) is 5.91 Å². The van der Waals surface area contributed by atoms with Crippen molar-refractivity contribution in [3.63, 3.8) is 0 Å². The van der Waals surface area contributed by atoms with E-state index in [2.05, 4.69) is 10.2 Å². The van der Waals surface area contributed by atoms with Crippen molar-refractivity contribution in [1.82, 2.24) is 20.0 Å². The zero-order valence-corrected chi connectivity index (χ0v) is 23.9. The van der Waals surface area contributed by atoms with Crippen LogP contribution in [0.25, 0.3) is 0 Å². The molecule has 0 bridgehead atoms. The van der Waals surface area contributed by atoms with Crippen LogP contribution in [0.3, 0.4) is 0 Å². The third-order valence-corrected chi connectivity index (χ3v) is 7.28. The van der Waals surface area contributed by atoms with Crippen molar-refractivity contribution in [1.29, 1.82) is 0 Å². The second-order valence-corrected chi connectivity index (χ2v) is 9.79. The van der Waals surface area contributed by atoms with Crippen LogP contribution in [0.4, 0.5) is 9.18 Å². The van der Waals surface area contributed by atoms with Crippen molar-refractivity contribution >= 4 is 17.9 Å². The summed E-state index contributed by atoms with van der Waals surface area (Å²) in [6.45, 7) is 6.49. The standard InChI is InChI=1S/C30H37FN4O6/c1-5-35-25(19-33-11-8-12-34(14-13-33)28(36)20-9-7-10-22(31)15-20)26(29(37)41-6-2)27(32-30(35)38)21-16-23(39-3)18-24(17-21)40-4/h7,9-10,15-18,27H,5-6,8,11-14,19H2,1-4H3,(H,32,38). The van der Waals surface area contributed by atoms with Crippen molar-refractivity contribution in [2.24, 2.45) is 0 Å². The highest BCUT2D eigenvalue weighted by Gasteiger charge is 2.39. The van der Waals surface area contributed by atoms with E-state index in [1.54, 1.807) is 41.0 Å². The Balaban J connectivity index is 1.67. The zero-order chi connectivity index (χ0) is 29.5. The minimum Gasteiger partial charge on any atom is -0.497 e. The monoisotopic (exact) mass is 568 g/mol. The van der Waals surface area contributed by atoms with E-state index in [-0.39, 0.29) is 18.5 Å². The number of rotatable bonds is 9. The number of methoxy groups -OCH3 is 2. The first-order valence-corrected chi connectivity index (χ1v) is 13.8. The molecule has 4 rings (SSSR count). The smallest absolute Gasteiger partial charge is 0.338 e. The number of urea groups is 1. The summed E-state index contributed by atoms with van der Waals surface area (Å²) in [6.07, 6.45) is 0.678. The summed E-state index contributed by atoms with van der Waals surface area (Å²) in [7, 11) is 3.07. The maximum Gasteiger partial charge on any atom is 0.338 e. The Morgan fingerprint density at radius 3 is 2.37 bits per heavy atom. The molecule has 2 aromatic rings. The summed E-state index contributed by atoms with van der Waals surface area (Å²) in [5, 5.41) is 2.97. The van der Waals surface area contributed by atoms with Gasteiger partial charge in [-0.15, -0.1) is 0 Å². The minimum atomic E-state index is -0.790. The second-order valence-electron chi connectivity index (χ2n) is 9.79. The van der Waals surface area contributed by atoms with E-state index in [0.29, 0.717) is 79.6 Å². The quantitative estimate of drug-likeness (QED) is 0.462. The molecule has 220 valence electrons. The van der Waals surface area contributed by atoms with Crippen LogP contribution in [-0.2, 0) is 9.53 Å². The van der Waals surface area contributed by atoms with Crippen LogP contribution in [0.15, 0.2) is 53.7 Å². The van der Waals surface area contributed by atoms with Crippen LogP contribution < -0.4 is 14.8 Å². The molecule has 1 unspecified atom stereocenters. The van der Waals surface area contributed by atoms with E-state index in [1.165, 1.54) is 32.4 Å². The molecule has 1 saturated heterocycles. The first kappa shape index (κ1) is 29.9. The van der Waals surface area contributed by atoms with Crippen LogP contribution in [0, 0.1) is 5.82 Å². The Morgan fingerprint density at radius 2 is 1.73 bits per heavy atom. The molecule has 1 atom stereocenters. The van der Waals surface area contributed by atoms with Gasteiger partial charge in [0.2, 0.25) is 0 Å². The SMILES string of the molecule is CCOC(=O)C1=C(CN2CCCN(C(=O)c3cccc(F)c3)CC2)N(CC)C(=O)NC1c1cc(OC)cc(OC)c1. The predicted octanol–water partition coefficient (Wildman–Crippen LogP) is 3.59. The Morgan fingerprint density at radius 1 is 1.00 bits per heavy atom. The van der Waals surface area contributed by atoms with Gasteiger partial charge >= 0.3 is 12.0 Å². The topological polar surface area (TPSA) is 101 Å². The lowest BCUT2D eigenvalue weighted by Gasteiger charge is -2.38. The van der Waals surface area contributed by atoms with Crippen LogP contribution in [0.1, 0.15) is 42.2 Å². The summed E-state index contributed by atoms with van der Waals surface area (Å²) in [5.41, 5.74) is 1.81. The molecule has 2 aliphatic rings. The first-order valence-electron chi connectivity index (χ1n) is 13.8. The molecule has 3 amide bonds. The zero-order valence-electron chi connectivity index (χ0n) is 23.9. The number of likely N-dealkylation sites (N-methyl/N-ethyl adjacent to an activating group) is 1. The molecular formula is C30H37FN4O6. The van der Waals surface area contributed by atoms with Gasteiger partial charge in [-0.25, -0.2) is 14.0 Å². The summed E-state index contributed by atoms with van der Waals surface area (Å²) < 4.78 is 30.1. The fourth-order valence-electron chi connectivity index (χ4n) is 5.25. The molecule has 0 radical (unpaired) electrons. The van der Waals surface area contributed by atoms with Crippen molar-refractivity contribution in [3.05, 3.63) is 70.7 Å². The van der Waals surface area contributed by atoms with Crippen LogP contribution in [0.2, 0.25) is 0 Å². The van der Waals surface area contributed by atoms with Crippen LogP contribution >= 0.6 is 0 Å². The van der Waals surface area contributed by atoms with Gasteiger partial charge in [0.15, 0.2) is 0 Å². The van der Waals surface area contributed by atoms with E-state index in [1.807, 2.05) is 6.92 Å². The van der Waals surface area contributed by atoms with Crippen molar-refractivity contribution in [2.45, 2.75) is 26.3 Å². The predicted molar refractivity (Wildman–Crippen MR) is 150 cm³/mol. The number of halogens is 1. The molecule has 1 fully saturated rings. The third kappa shape index (κ3) is 6.79. The molecule has 0 saturated carbocycles. The van der Waals surface area contributed by atoms with Crippen LogP contribution in [-0.4, -0.2) is 92.7 Å². The Hall–Kier alpha value is -4.12. The van der Waals surface area contributed by atoms with Gasteiger partial charge in [-0.05, 0) is 56.2 Å². The highest BCUT2D eigenvalue weighted by molar-refractivity contribution is 5.95. The van der Waals surface area contributed by atoms with E-state index in [0.717, 1.165) is 0 Å². The number of hydrogen-bond acceptors (Lipinski definition) is 7. The molecule has 41 heavy (non-hydrogen) atoms. The lowest BCUT2D eigenvalue weighted by Crippen LogP contribution is -2.51. The molecule has 2 heterocycles. The molecule has 0 aromatic heterocycles. The van der Waals surface area contributed by atoms with Gasteiger partial charge in [-0.1, -0.05) is 6.07 Å². The number of ether oxygens (including phenoxy) is 3. The highest BCUT2D eigenvalue weighted by Crippen LogP contribution is 2.35. The summed E-state index contributed by atoms with van der Waals surface area (Å²) in [5.74, 6) is -0.162. The maximum atomic E-state index is 13.7. The van der Waals surface area contributed by atoms with Gasteiger partial charge in [0.05, 0.1) is 32.4 Å². The van der Waals surface area contributed by atoms with E-state index in [4.69, 9.17) is 14.2 Å². The number of carbonyl (C=O) groups is 3. The molecular weight excluding hydrogens is 531 g/mol. The van der Waals surface area contributed by atoms with Gasteiger partial charge in [-0.3, -0.25) is 14.6 Å². The average molecular weight is 569 g/mol. The molecule has 10 nitrogen and oxygen atoms in total. The third-order valence-electron chi connectivity index (χ3n) is 7.28. The van der Waals surface area contributed by atoms with E-state index < -0.39 is 17.8 Å². The van der Waals surface area contributed by atoms with Gasteiger partial charge < -0.3 is 24.4 Å². The van der Waals surface area contributed by atoms with Crippen molar-refractivity contribution in [2.75, 3.05) is 60.1 Å². The number of nitrogens with zero attached hydrogens (tertiary/aromatic N) is 3. The second kappa shape index (κ2) is 13.5. The molecule has 2 aliphatic heterocycles. The Bertz CT molecular complexity index is 1290. The van der Waals surface area contributed by atoms with Crippen LogP contribution in [0.5, 0.6) is 11.5 Å². The number of hydrogen-bond donors (Lipinski definition) is 1. The van der Waals surface area contributed by atoms with Gasteiger partial charge in [-0.2, -0.15) is 0 Å². The lowest BCUT2D eigenvalue weighted by molar-refractivity contribution is -0.139.